The Labute approximate surface area is 141 Å². The zero-order valence-corrected chi connectivity index (χ0v) is 12.9. The molecule has 7 nitrogen and oxygen atoms in total. The first-order chi connectivity index (χ1) is 12.0. The lowest BCUT2D eigenvalue weighted by atomic mass is 9.88. The molecule has 0 amide bonds. The van der Waals surface area contributed by atoms with Gasteiger partial charge in [0.2, 0.25) is 5.88 Å². The molecule has 3 aromatic rings. The van der Waals surface area contributed by atoms with Crippen LogP contribution in [0.3, 0.4) is 0 Å². The van der Waals surface area contributed by atoms with Crippen LogP contribution >= 0.6 is 0 Å². The summed E-state index contributed by atoms with van der Waals surface area (Å²) in [5.74, 6) is -2.04. The predicted octanol–water partition coefficient (Wildman–Crippen LogP) is 1.83. The smallest absolute Gasteiger partial charge is 0.335 e. The number of carboxylic acid groups (broad SMARTS) is 1. The zero-order chi connectivity index (χ0) is 17.6. The molecule has 1 atom stereocenters. The highest BCUT2D eigenvalue weighted by Crippen LogP contribution is 2.35. The number of esters is 1. The number of carbonyl (C=O) groups is 2. The van der Waals surface area contributed by atoms with E-state index in [1.165, 1.54) is 16.5 Å². The van der Waals surface area contributed by atoms with Crippen molar-refractivity contribution in [3.05, 3.63) is 75.7 Å². The molecule has 1 aliphatic rings. The largest absolute Gasteiger partial charge is 0.478 e. The number of carboxylic acids is 1. The molecule has 1 N–H and O–H groups in total. The van der Waals surface area contributed by atoms with Gasteiger partial charge in [0.05, 0.1) is 17.5 Å². The number of fused-ring (bicyclic) bond motifs is 2. The van der Waals surface area contributed by atoms with Crippen molar-refractivity contribution < 1.29 is 19.4 Å². The molecular weight excluding hydrogens is 324 g/mol. The highest BCUT2D eigenvalue weighted by molar-refractivity contribution is 5.87. The maximum Gasteiger partial charge on any atom is 0.335 e. The minimum atomic E-state index is -1.04. The average Bonchev–Trinajstić information content (AvgIpc) is 2.61. The lowest BCUT2D eigenvalue weighted by Crippen LogP contribution is -2.31. The second-order valence-corrected chi connectivity index (χ2v) is 5.72. The molecule has 4 rings (SSSR count). The number of pyridine rings is 1. The van der Waals surface area contributed by atoms with E-state index in [2.05, 4.69) is 4.98 Å². The molecule has 0 bridgehead atoms. The molecule has 0 saturated carbocycles. The van der Waals surface area contributed by atoms with E-state index in [4.69, 9.17) is 9.84 Å². The Morgan fingerprint density at radius 2 is 1.92 bits per heavy atom. The van der Waals surface area contributed by atoms with E-state index in [1.54, 1.807) is 36.5 Å². The van der Waals surface area contributed by atoms with Crippen LogP contribution in [0.4, 0.5) is 0 Å². The van der Waals surface area contributed by atoms with E-state index in [9.17, 15) is 14.4 Å². The van der Waals surface area contributed by atoms with Gasteiger partial charge in [-0.2, -0.15) is 4.98 Å². The summed E-state index contributed by atoms with van der Waals surface area (Å²) in [6.07, 6.45) is 1.60. The molecule has 0 fully saturated rings. The molecule has 0 radical (unpaired) electrons. The van der Waals surface area contributed by atoms with Crippen LogP contribution in [0.1, 0.15) is 33.8 Å². The number of carbonyl (C=O) groups excluding carboxylic acids is 1. The van der Waals surface area contributed by atoms with Crippen molar-refractivity contribution in [2.45, 2.75) is 12.3 Å². The lowest BCUT2D eigenvalue weighted by Gasteiger charge is -2.23. The Balaban J connectivity index is 1.91. The summed E-state index contributed by atoms with van der Waals surface area (Å²) in [5.41, 5.74) is 1.18. The highest BCUT2D eigenvalue weighted by atomic mass is 16.5. The van der Waals surface area contributed by atoms with Gasteiger partial charge in [-0.3, -0.25) is 14.0 Å². The predicted molar refractivity (Wildman–Crippen MR) is 87.0 cm³/mol. The van der Waals surface area contributed by atoms with Crippen LogP contribution in [0.15, 0.2) is 53.5 Å². The fraction of sp³-hybridized carbons (Fsp3) is 0.111. The summed E-state index contributed by atoms with van der Waals surface area (Å²) < 4.78 is 6.58. The highest BCUT2D eigenvalue weighted by Gasteiger charge is 2.33. The Kier molecular flexibility index (Phi) is 3.35. The molecule has 0 aliphatic carbocycles. The Bertz CT molecular complexity index is 1070. The maximum absolute atomic E-state index is 12.9. The first-order valence-corrected chi connectivity index (χ1v) is 7.60. The molecular formula is C18H12N2O5. The van der Waals surface area contributed by atoms with Gasteiger partial charge in [0, 0.05) is 12.1 Å². The fourth-order valence-corrected chi connectivity index (χ4v) is 3.02. The molecule has 2 aromatic heterocycles. The Morgan fingerprint density at radius 1 is 1.16 bits per heavy atom. The quantitative estimate of drug-likeness (QED) is 0.717. The van der Waals surface area contributed by atoms with E-state index in [1.807, 2.05) is 0 Å². The third-order valence-corrected chi connectivity index (χ3v) is 4.22. The number of nitrogens with zero attached hydrogens (tertiary/aromatic N) is 2. The summed E-state index contributed by atoms with van der Waals surface area (Å²) in [5, 5.41) is 9.01. The van der Waals surface area contributed by atoms with Crippen molar-refractivity contribution >= 4 is 17.6 Å². The third-order valence-electron chi connectivity index (χ3n) is 4.22. The van der Waals surface area contributed by atoms with Crippen molar-refractivity contribution in [2.24, 2.45) is 0 Å². The lowest BCUT2D eigenvalue weighted by molar-refractivity contribution is -0.135. The number of aromatic carboxylic acids is 1. The number of ether oxygens (including phenoxy) is 1. The minimum absolute atomic E-state index is 0.00472. The second-order valence-electron chi connectivity index (χ2n) is 5.72. The number of hydrogen-bond donors (Lipinski definition) is 1. The minimum Gasteiger partial charge on any atom is -0.478 e. The molecule has 124 valence electrons. The Morgan fingerprint density at radius 3 is 2.64 bits per heavy atom. The van der Waals surface area contributed by atoms with Crippen molar-refractivity contribution in [3.63, 3.8) is 0 Å². The van der Waals surface area contributed by atoms with Gasteiger partial charge in [0.25, 0.3) is 5.56 Å². The van der Waals surface area contributed by atoms with Crippen LogP contribution < -0.4 is 10.3 Å². The molecule has 1 aromatic carbocycles. The monoisotopic (exact) mass is 336 g/mol. The van der Waals surface area contributed by atoms with Gasteiger partial charge in [0.1, 0.15) is 5.65 Å². The molecule has 3 heterocycles. The maximum atomic E-state index is 12.9. The second kappa shape index (κ2) is 5.55. The van der Waals surface area contributed by atoms with Crippen LogP contribution in [-0.4, -0.2) is 26.4 Å². The van der Waals surface area contributed by atoms with E-state index >= 15 is 0 Å². The van der Waals surface area contributed by atoms with Gasteiger partial charge in [0.15, 0.2) is 0 Å². The summed E-state index contributed by atoms with van der Waals surface area (Å²) in [6, 6.07) is 11.2. The Hall–Kier alpha value is -3.48. The van der Waals surface area contributed by atoms with Gasteiger partial charge in [-0.1, -0.05) is 18.2 Å². The topological polar surface area (TPSA) is 98.0 Å². The van der Waals surface area contributed by atoms with Crippen molar-refractivity contribution in [1.82, 2.24) is 9.38 Å². The fourth-order valence-electron chi connectivity index (χ4n) is 3.02. The molecule has 0 spiro atoms. The molecule has 0 saturated heterocycles. The van der Waals surface area contributed by atoms with E-state index in [0.717, 1.165) is 0 Å². The van der Waals surface area contributed by atoms with Crippen LogP contribution in [0.5, 0.6) is 5.88 Å². The SMILES string of the molecule is O=C1CC(c2ccc(C(=O)O)cc2)c2c(nc3ccccn3c2=O)O1. The third kappa shape index (κ3) is 2.46. The number of rotatable bonds is 2. The number of aromatic nitrogens is 2. The van der Waals surface area contributed by atoms with Crippen molar-refractivity contribution in [3.8, 4) is 5.88 Å². The number of benzene rings is 1. The summed E-state index contributed by atoms with van der Waals surface area (Å²) in [6.45, 7) is 0. The first-order valence-electron chi connectivity index (χ1n) is 7.60. The van der Waals surface area contributed by atoms with Gasteiger partial charge in [-0.15, -0.1) is 0 Å². The van der Waals surface area contributed by atoms with Gasteiger partial charge < -0.3 is 9.84 Å². The molecule has 25 heavy (non-hydrogen) atoms. The van der Waals surface area contributed by atoms with Crippen molar-refractivity contribution in [2.75, 3.05) is 0 Å². The van der Waals surface area contributed by atoms with E-state index in [-0.39, 0.29) is 23.4 Å². The summed E-state index contributed by atoms with van der Waals surface area (Å²) in [7, 11) is 0. The van der Waals surface area contributed by atoms with Crippen molar-refractivity contribution in [1.29, 1.82) is 0 Å². The first kappa shape index (κ1) is 15.1. The molecule has 1 aliphatic heterocycles. The zero-order valence-electron chi connectivity index (χ0n) is 12.9. The van der Waals surface area contributed by atoms with Crippen LogP contribution in [0.25, 0.3) is 5.65 Å². The van der Waals surface area contributed by atoms with Crippen LogP contribution in [-0.2, 0) is 4.79 Å². The standard InChI is InChI=1S/C18H12N2O5/c21-14-9-12(10-4-6-11(7-5-10)18(23)24)15-16(25-14)19-13-3-1-2-8-20(13)17(15)22/h1-8,12H,9H2,(H,23,24). The normalized spacial score (nSPS) is 16.3. The number of hydrogen-bond acceptors (Lipinski definition) is 5. The van der Waals surface area contributed by atoms with Gasteiger partial charge in [-0.25, -0.2) is 4.79 Å². The summed E-state index contributed by atoms with van der Waals surface area (Å²) in [4.78, 5) is 40.1. The summed E-state index contributed by atoms with van der Waals surface area (Å²) >= 11 is 0. The van der Waals surface area contributed by atoms with Gasteiger partial charge >= 0.3 is 11.9 Å². The molecule has 7 heteroatoms. The van der Waals surface area contributed by atoms with Crippen LogP contribution in [0.2, 0.25) is 0 Å². The van der Waals surface area contributed by atoms with E-state index < -0.39 is 17.9 Å². The van der Waals surface area contributed by atoms with Crippen LogP contribution in [0, 0.1) is 0 Å². The van der Waals surface area contributed by atoms with Gasteiger partial charge in [-0.05, 0) is 29.8 Å². The average molecular weight is 336 g/mol. The molecule has 1 unspecified atom stereocenters. The van der Waals surface area contributed by atoms with E-state index in [0.29, 0.717) is 16.8 Å².